The molecule has 0 aromatic heterocycles. The number of likely N-dealkylation sites (tertiary alicyclic amines) is 1. The molecular formula is C35H56NO4Si. The van der Waals surface area contributed by atoms with Crippen LogP contribution >= 0.6 is 0 Å². The number of ether oxygens (including phenoxy) is 2. The number of rotatable bonds is 23. The van der Waals surface area contributed by atoms with Crippen molar-refractivity contribution in [1.29, 1.82) is 0 Å². The highest BCUT2D eigenvalue weighted by molar-refractivity contribution is 6.08. The number of hydrogen-bond acceptors (Lipinski definition) is 5. The molecule has 3 radical (unpaired) electrons. The number of hydrogen-bond donors (Lipinski definition) is 0. The standard InChI is InChI=1S/C35H56NO4Si/c1-2-3-4-5-6-7-8-9-10-11-12-13-14-15-16-17-34(37)40-33-20-18-32(19-21-33)30-35(38)39-28-24-31-22-25-36(26-23-31)27-29-41/h9-10,18-21,31H,2-8,11-17,22-30H2,1H3/b10-9-. The van der Waals surface area contributed by atoms with Gasteiger partial charge < -0.3 is 14.4 Å². The molecule has 0 N–H and O–H groups in total. The predicted molar refractivity (Wildman–Crippen MR) is 171 cm³/mol. The molecule has 1 aromatic carbocycles. The second-order valence-electron chi connectivity index (χ2n) is 11.7. The van der Waals surface area contributed by atoms with Crippen molar-refractivity contribution in [3.63, 3.8) is 0 Å². The Morgan fingerprint density at radius 2 is 1.46 bits per heavy atom. The van der Waals surface area contributed by atoms with E-state index in [0.29, 0.717) is 24.7 Å². The highest BCUT2D eigenvalue weighted by Gasteiger charge is 2.19. The largest absolute Gasteiger partial charge is 0.465 e. The van der Waals surface area contributed by atoms with Crippen molar-refractivity contribution in [2.75, 3.05) is 26.2 Å². The first-order valence-corrected chi connectivity index (χ1v) is 17.3. The molecular weight excluding hydrogens is 526 g/mol. The fourth-order valence-corrected chi connectivity index (χ4v) is 5.73. The SMILES string of the molecule is CCCCCCCC/C=C\CCCCCCCC(=O)Oc1ccc(CC(=O)OCCC2CCN(CC[Si])CC2)cc1. The van der Waals surface area contributed by atoms with Gasteiger partial charge >= 0.3 is 11.9 Å². The summed E-state index contributed by atoms with van der Waals surface area (Å²) >= 11 is 0. The molecule has 1 heterocycles. The second kappa shape index (κ2) is 23.6. The average Bonchev–Trinajstić information content (AvgIpc) is 2.97. The summed E-state index contributed by atoms with van der Waals surface area (Å²) in [6.45, 7) is 6.14. The molecule has 229 valence electrons. The van der Waals surface area contributed by atoms with E-state index in [9.17, 15) is 9.59 Å². The molecule has 0 bridgehead atoms. The van der Waals surface area contributed by atoms with Crippen LogP contribution in [0.3, 0.4) is 0 Å². The summed E-state index contributed by atoms with van der Waals surface area (Å²) in [5.74, 6) is 0.795. The van der Waals surface area contributed by atoms with Crippen LogP contribution in [0.15, 0.2) is 36.4 Å². The minimum Gasteiger partial charge on any atom is -0.465 e. The number of carbonyl (C=O) groups excluding carboxylic acids is 2. The monoisotopic (exact) mass is 582 g/mol. The van der Waals surface area contributed by atoms with E-state index in [1.54, 1.807) is 12.1 Å². The van der Waals surface area contributed by atoms with Crippen LogP contribution in [0.4, 0.5) is 0 Å². The topological polar surface area (TPSA) is 55.8 Å². The molecule has 1 aliphatic heterocycles. The van der Waals surface area contributed by atoms with Crippen LogP contribution in [-0.4, -0.2) is 53.3 Å². The van der Waals surface area contributed by atoms with Crippen LogP contribution in [0.1, 0.15) is 122 Å². The van der Waals surface area contributed by atoms with Crippen molar-refractivity contribution in [3.05, 3.63) is 42.0 Å². The smallest absolute Gasteiger partial charge is 0.311 e. The maximum Gasteiger partial charge on any atom is 0.311 e. The van der Waals surface area contributed by atoms with Crippen LogP contribution < -0.4 is 4.74 Å². The summed E-state index contributed by atoms with van der Waals surface area (Å²) < 4.78 is 11.0. The molecule has 41 heavy (non-hydrogen) atoms. The minimum atomic E-state index is -0.199. The Bertz CT molecular complexity index is 833. The Labute approximate surface area is 254 Å². The summed E-state index contributed by atoms with van der Waals surface area (Å²) in [5, 5.41) is 0. The molecule has 1 aromatic rings. The fraction of sp³-hybridized carbons (Fsp3) is 0.714. The van der Waals surface area contributed by atoms with E-state index in [1.807, 2.05) is 12.1 Å². The third-order valence-corrected chi connectivity index (χ3v) is 8.29. The summed E-state index contributed by atoms with van der Waals surface area (Å²) in [5.41, 5.74) is 0.870. The quantitative estimate of drug-likeness (QED) is 0.0426. The molecule has 5 nitrogen and oxygen atoms in total. The first kappa shape index (κ1) is 35.3. The lowest BCUT2D eigenvalue weighted by molar-refractivity contribution is -0.143. The Morgan fingerprint density at radius 3 is 2.10 bits per heavy atom. The summed E-state index contributed by atoms with van der Waals surface area (Å²) in [7, 11) is 3.55. The number of nitrogens with zero attached hydrogens (tertiary/aromatic N) is 1. The molecule has 0 aliphatic carbocycles. The van der Waals surface area contributed by atoms with E-state index >= 15 is 0 Å². The van der Waals surface area contributed by atoms with Gasteiger partial charge in [-0.1, -0.05) is 88.6 Å². The van der Waals surface area contributed by atoms with Gasteiger partial charge in [0.2, 0.25) is 0 Å². The van der Waals surface area contributed by atoms with Gasteiger partial charge in [0.15, 0.2) is 0 Å². The summed E-state index contributed by atoms with van der Waals surface area (Å²) in [6, 6.07) is 8.22. The van der Waals surface area contributed by atoms with Gasteiger partial charge in [-0.2, -0.15) is 0 Å². The number of allylic oxidation sites excluding steroid dienone is 2. The number of benzene rings is 1. The molecule has 0 unspecified atom stereocenters. The molecule has 0 atom stereocenters. The van der Waals surface area contributed by atoms with Crippen LogP contribution in [0, 0.1) is 5.92 Å². The molecule has 0 spiro atoms. The van der Waals surface area contributed by atoms with Gasteiger partial charge in [-0.25, -0.2) is 0 Å². The zero-order chi connectivity index (χ0) is 29.4. The van der Waals surface area contributed by atoms with E-state index in [4.69, 9.17) is 9.47 Å². The van der Waals surface area contributed by atoms with Crippen LogP contribution in [-0.2, 0) is 20.7 Å². The lowest BCUT2D eigenvalue weighted by Gasteiger charge is -2.31. The minimum absolute atomic E-state index is 0.187. The van der Waals surface area contributed by atoms with Crippen LogP contribution in [0.25, 0.3) is 0 Å². The summed E-state index contributed by atoms with van der Waals surface area (Å²) in [6.07, 6.45) is 24.8. The fourth-order valence-electron chi connectivity index (χ4n) is 5.41. The Hall–Kier alpha value is -1.92. The van der Waals surface area contributed by atoms with Gasteiger partial charge in [0.05, 0.1) is 13.0 Å². The first-order valence-electron chi connectivity index (χ1n) is 16.6. The lowest BCUT2D eigenvalue weighted by atomic mass is 9.94. The third-order valence-electron chi connectivity index (χ3n) is 8.07. The molecule has 1 saturated heterocycles. The number of piperidine rings is 1. The van der Waals surface area contributed by atoms with Crippen molar-refractivity contribution in [3.8, 4) is 5.75 Å². The van der Waals surface area contributed by atoms with Crippen molar-refractivity contribution in [2.45, 2.75) is 129 Å². The van der Waals surface area contributed by atoms with Crippen LogP contribution in [0.2, 0.25) is 6.04 Å². The van der Waals surface area contributed by atoms with Gasteiger partial charge in [-0.15, -0.1) is 0 Å². The van der Waals surface area contributed by atoms with E-state index in [1.165, 1.54) is 83.5 Å². The molecule has 0 amide bonds. The Balaban J connectivity index is 1.44. The molecule has 1 aliphatic rings. The van der Waals surface area contributed by atoms with Crippen molar-refractivity contribution in [2.24, 2.45) is 5.92 Å². The summed E-state index contributed by atoms with van der Waals surface area (Å²) in [4.78, 5) is 26.9. The lowest BCUT2D eigenvalue weighted by Crippen LogP contribution is -2.34. The van der Waals surface area contributed by atoms with Crippen LogP contribution in [0.5, 0.6) is 5.75 Å². The maximum atomic E-state index is 12.2. The zero-order valence-corrected chi connectivity index (χ0v) is 26.9. The molecule has 1 fully saturated rings. The van der Waals surface area contributed by atoms with E-state index < -0.39 is 0 Å². The van der Waals surface area contributed by atoms with E-state index in [0.717, 1.165) is 50.5 Å². The van der Waals surface area contributed by atoms with E-state index in [-0.39, 0.29) is 18.4 Å². The van der Waals surface area contributed by atoms with Gasteiger partial charge in [-0.3, -0.25) is 9.59 Å². The zero-order valence-electron chi connectivity index (χ0n) is 25.9. The van der Waals surface area contributed by atoms with Crippen molar-refractivity contribution in [1.82, 2.24) is 4.90 Å². The third kappa shape index (κ3) is 18.3. The van der Waals surface area contributed by atoms with Gasteiger partial charge in [-0.05, 0) is 94.6 Å². The highest BCUT2D eigenvalue weighted by atomic mass is 28.1. The number of carbonyl (C=O) groups is 2. The first-order chi connectivity index (χ1) is 20.1. The highest BCUT2D eigenvalue weighted by Crippen LogP contribution is 2.21. The van der Waals surface area contributed by atoms with Crippen molar-refractivity contribution >= 4 is 22.2 Å². The molecule has 0 saturated carbocycles. The van der Waals surface area contributed by atoms with Gasteiger partial charge in [0, 0.05) is 16.7 Å². The average molecular weight is 583 g/mol. The molecule has 2 rings (SSSR count). The van der Waals surface area contributed by atoms with Gasteiger partial charge in [0.25, 0.3) is 0 Å². The Morgan fingerprint density at radius 1 is 0.854 bits per heavy atom. The number of unbranched alkanes of at least 4 members (excludes halogenated alkanes) is 11. The van der Waals surface area contributed by atoms with Crippen molar-refractivity contribution < 1.29 is 19.1 Å². The van der Waals surface area contributed by atoms with E-state index in [2.05, 4.69) is 34.2 Å². The van der Waals surface area contributed by atoms with Gasteiger partial charge in [0.1, 0.15) is 5.75 Å². The Kier molecular flexibility index (Phi) is 20.3. The predicted octanol–water partition coefficient (Wildman–Crippen LogP) is 8.40. The number of esters is 2. The second-order valence-corrected chi connectivity index (χ2v) is 12.2. The maximum absolute atomic E-state index is 12.2. The molecule has 6 heteroatoms. The normalized spacial score (nSPS) is 14.5.